The number of amides is 1. The van der Waals surface area contributed by atoms with Gasteiger partial charge in [0.25, 0.3) is 5.91 Å². The highest BCUT2D eigenvalue weighted by atomic mass is 16.5. The van der Waals surface area contributed by atoms with Crippen LogP contribution in [0.15, 0.2) is 30.6 Å². The Labute approximate surface area is 192 Å². The number of benzene rings is 1. The standard InChI is InChI=1S/C25H27N5O3/c1-25(11-12-25)30-18(9-10-19(31)16-5-6-16)20(21-22(26)27-14-28-23(21)30)24(32)29-17-7-3-15(4-8-17)13-33-2/h3-4,7-8,14,16,19,31H,5-6,11-13H2,1-2H3,(H,29,32)(H2,26,27,28). The fraction of sp³-hybridized carbons (Fsp3) is 0.400. The van der Waals surface area contributed by atoms with E-state index in [1.807, 2.05) is 28.8 Å². The number of carbonyl (C=O) groups is 1. The summed E-state index contributed by atoms with van der Waals surface area (Å²) in [6, 6.07) is 7.46. The summed E-state index contributed by atoms with van der Waals surface area (Å²) in [5.41, 5.74) is 9.15. The fourth-order valence-electron chi connectivity index (χ4n) is 4.12. The molecule has 2 aliphatic carbocycles. The first-order valence-electron chi connectivity index (χ1n) is 11.2. The van der Waals surface area contributed by atoms with Gasteiger partial charge in [-0.1, -0.05) is 18.1 Å². The third-order valence-corrected chi connectivity index (χ3v) is 6.45. The van der Waals surface area contributed by atoms with Crippen LogP contribution in [0.25, 0.3) is 11.0 Å². The van der Waals surface area contributed by atoms with Crippen LogP contribution in [-0.4, -0.2) is 38.8 Å². The first kappa shape index (κ1) is 21.4. The molecule has 4 N–H and O–H groups in total. The highest BCUT2D eigenvalue weighted by Crippen LogP contribution is 2.47. The summed E-state index contributed by atoms with van der Waals surface area (Å²) in [6.07, 6.45) is 4.54. The number of fused-ring (bicyclic) bond motifs is 1. The first-order chi connectivity index (χ1) is 15.9. The normalized spacial score (nSPS) is 17.3. The van der Waals surface area contributed by atoms with Crippen LogP contribution in [0.2, 0.25) is 0 Å². The van der Waals surface area contributed by atoms with Crippen molar-refractivity contribution in [1.29, 1.82) is 0 Å². The zero-order valence-electron chi connectivity index (χ0n) is 18.8. The number of ether oxygens (including phenoxy) is 1. The number of hydrogen-bond acceptors (Lipinski definition) is 6. The molecule has 1 aromatic carbocycles. The molecule has 0 spiro atoms. The number of nitrogen functional groups attached to an aromatic ring is 1. The van der Waals surface area contributed by atoms with Crippen LogP contribution in [0.4, 0.5) is 11.5 Å². The van der Waals surface area contributed by atoms with Crippen molar-refractivity contribution in [3.63, 3.8) is 0 Å². The van der Waals surface area contributed by atoms with Crippen LogP contribution in [0.3, 0.4) is 0 Å². The Hall–Kier alpha value is -3.41. The zero-order chi connectivity index (χ0) is 23.2. The van der Waals surface area contributed by atoms with E-state index in [1.165, 1.54) is 6.33 Å². The van der Waals surface area contributed by atoms with Crippen molar-refractivity contribution in [2.75, 3.05) is 18.2 Å². The Bertz CT molecular complexity index is 1280. The van der Waals surface area contributed by atoms with Gasteiger partial charge in [-0.25, -0.2) is 9.97 Å². The zero-order valence-corrected chi connectivity index (χ0v) is 18.8. The highest BCUT2D eigenvalue weighted by Gasteiger charge is 2.44. The molecule has 170 valence electrons. The molecule has 0 saturated heterocycles. The van der Waals surface area contributed by atoms with Gasteiger partial charge >= 0.3 is 0 Å². The number of nitrogens with zero attached hydrogens (tertiary/aromatic N) is 3. The largest absolute Gasteiger partial charge is 0.383 e. The summed E-state index contributed by atoms with van der Waals surface area (Å²) in [6.45, 7) is 2.61. The van der Waals surface area contributed by atoms with E-state index in [9.17, 15) is 9.90 Å². The number of hydrogen-bond donors (Lipinski definition) is 3. The second kappa shape index (κ2) is 8.18. The van der Waals surface area contributed by atoms with E-state index in [-0.39, 0.29) is 23.2 Å². The highest BCUT2D eigenvalue weighted by molar-refractivity contribution is 6.16. The van der Waals surface area contributed by atoms with Gasteiger partial charge in [-0.15, -0.1) is 0 Å². The van der Waals surface area contributed by atoms with Gasteiger partial charge in [-0.2, -0.15) is 0 Å². The van der Waals surface area contributed by atoms with Gasteiger partial charge in [0.1, 0.15) is 29.6 Å². The number of anilines is 2. The van der Waals surface area contributed by atoms with Crippen molar-refractivity contribution in [3.8, 4) is 11.8 Å². The second-order valence-electron chi connectivity index (χ2n) is 9.15. The van der Waals surface area contributed by atoms with Crippen LogP contribution >= 0.6 is 0 Å². The van der Waals surface area contributed by atoms with Crippen LogP contribution in [0.5, 0.6) is 0 Å². The molecule has 2 fully saturated rings. The van der Waals surface area contributed by atoms with Crippen LogP contribution in [0, 0.1) is 17.8 Å². The summed E-state index contributed by atoms with van der Waals surface area (Å²) in [5, 5.41) is 13.8. The molecule has 0 aliphatic heterocycles. The van der Waals surface area contributed by atoms with E-state index in [2.05, 4.69) is 34.0 Å². The lowest BCUT2D eigenvalue weighted by molar-refractivity contribution is 0.102. The smallest absolute Gasteiger partial charge is 0.259 e. The van der Waals surface area contributed by atoms with Crippen LogP contribution < -0.4 is 11.1 Å². The number of aliphatic hydroxyl groups is 1. The number of nitrogens with two attached hydrogens (primary N) is 1. The van der Waals surface area contributed by atoms with Gasteiger partial charge in [-0.05, 0) is 62.1 Å². The van der Waals surface area contributed by atoms with Gasteiger partial charge in [-0.3, -0.25) is 4.79 Å². The molecule has 5 rings (SSSR count). The van der Waals surface area contributed by atoms with Crippen molar-refractivity contribution in [3.05, 3.63) is 47.4 Å². The minimum Gasteiger partial charge on any atom is -0.383 e. The van der Waals surface area contributed by atoms with Crippen LogP contribution in [-0.2, 0) is 16.9 Å². The Balaban J connectivity index is 1.61. The van der Waals surface area contributed by atoms with Crippen molar-refractivity contribution in [2.45, 2.75) is 50.9 Å². The molecule has 2 heterocycles. The number of aromatic nitrogens is 3. The number of rotatable bonds is 6. The Morgan fingerprint density at radius 1 is 1.33 bits per heavy atom. The minimum absolute atomic E-state index is 0.200. The molecule has 0 bridgehead atoms. The van der Waals surface area contributed by atoms with Gasteiger partial charge in [0, 0.05) is 18.3 Å². The fourth-order valence-corrected chi connectivity index (χ4v) is 4.12. The van der Waals surface area contributed by atoms with Gasteiger partial charge in [0.15, 0.2) is 0 Å². The van der Waals surface area contributed by atoms with Crippen molar-refractivity contribution in [2.24, 2.45) is 5.92 Å². The Morgan fingerprint density at radius 2 is 2.06 bits per heavy atom. The third-order valence-electron chi connectivity index (χ3n) is 6.45. The van der Waals surface area contributed by atoms with Gasteiger partial charge in [0.05, 0.1) is 17.6 Å². The minimum atomic E-state index is -0.712. The third kappa shape index (κ3) is 4.06. The molecule has 1 amide bonds. The number of carbonyl (C=O) groups excluding carboxylic acids is 1. The molecule has 1 unspecified atom stereocenters. The molecule has 2 saturated carbocycles. The summed E-state index contributed by atoms with van der Waals surface area (Å²) in [7, 11) is 1.64. The van der Waals surface area contributed by atoms with E-state index in [1.54, 1.807) is 7.11 Å². The molecule has 1 atom stereocenters. The molecule has 33 heavy (non-hydrogen) atoms. The maximum atomic E-state index is 13.6. The van der Waals surface area contributed by atoms with E-state index in [0.29, 0.717) is 34.6 Å². The van der Waals surface area contributed by atoms with E-state index in [4.69, 9.17) is 10.5 Å². The lowest BCUT2D eigenvalue weighted by Gasteiger charge is -2.15. The lowest BCUT2D eigenvalue weighted by atomic mass is 10.1. The quantitative estimate of drug-likeness (QED) is 0.503. The van der Waals surface area contributed by atoms with Crippen LogP contribution in [0.1, 0.15) is 54.2 Å². The summed E-state index contributed by atoms with van der Waals surface area (Å²) in [5.74, 6) is 6.19. The first-order valence-corrected chi connectivity index (χ1v) is 11.2. The Morgan fingerprint density at radius 3 is 2.70 bits per heavy atom. The van der Waals surface area contributed by atoms with Crippen molar-refractivity contribution >= 4 is 28.4 Å². The molecule has 0 radical (unpaired) electrons. The lowest BCUT2D eigenvalue weighted by Crippen LogP contribution is -2.18. The molecule has 8 heteroatoms. The maximum absolute atomic E-state index is 13.6. The predicted molar refractivity (Wildman–Crippen MR) is 126 cm³/mol. The summed E-state index contributed by atoms with van der Waals surface area (Å²) in [4.78, 5) is 22.2. The van der Waals surface area contributed by atoms with Crippen molar-refractivity contribution < 1.29 is 14.6 Å². The summed E-state index contributed by atoms with van der Waals surface area (Å²) < 4.78 is 7.15. The molecular weight excluding hydrogens is 418 g/mol. The number of nitrogens with one attached hydrogen (secondary N) is 1. The van der Waals surface area contributed by atoms with E-state index >= 15 is 0 Å². The average molecular weight is 446 g/mol. The SMILES string of the molecule is COCc1ccc(NC(=O)c2c(C#CC(O)C3CC3)n(C3(C)CC3)c3ncnc(N)c23)cc1. The molecule has 3 aromatic rings. The predicted octanol–water partition coefficient (Wildman–Crippen LogP) is 3.04. The molecule has 2 aliphatic rings. The monoisotopic (exact) mass is 445 g/mol. The average Bonchev–Trinajstić information content (AvgIpc) is 3.72. The molecular formula is C25H27N5O3. The van der Waals surface area contributed by atoms with E-state index in [0.717, 1.165) is 31.2 Å². The van der Waals surface area contributed by atoms with E-state index < -0.39 is 6.10 Å². The topological polar surface area (TPSA) is 115 Å². The molecule has 2 aromatic heterocycles. The second-order valence-corrected chi connectivity index (χ2v) is 9.15. The van der Waals surface area contributed by atoms with Crippen molar-refractivity contribution in [1.82, 2.24) is 14.5 Å². The summed E-state index contributed by atoms with van der Waals surface area (Å²) >= 11 is 0. The van der Waals surface area contributed by atoms with Gasteiger partial charge in [0.2, 0.25) is 0 Å². The Kier molecular flexibility index (Phi) is 5.31. The number of methoxy groups -OCH3 is 1. The number of aliphatic hydroxyl groups excluding tert-OH is 1. The molecule has 8 nitrogen and oxygen atoms in total. The maximum Gasteiger partial charge on any atom is 0.259 e. The van der Waals surface area contributed by atoms with Gasteiger partial charge < -0.3 is 25.5 Å².